The van der Waals surface area contributed by atoms with E-state index in [-0.39, 0.29) is 0 Å². The molecule has 112 valence electrons. The van der Waals surface area contributed by atoms with E-state index in [2.05, 4.69) is 30.5 Å². The molecule has 6 heteroatoms. The van der Waals surface area contributed by atoms with Crippen molar-refractivity contribution in [2.24, 2.45) is 0 Å². The van der Waals surface area contributed by atoms with Gasteiger partial charge in [0.1, 0.15) is 12.1 Å². The third-order valence-corrected chi connectivity index (χ3v) is 3.81. The minimum atomic E-state index is 0.750. The topological polar surface area (TPSA) is 53.9 Å². The first-order chi connectivity index (χ1) is 10.7. The van der Waals surface area contributed by atoms with Crippen molar-refractivity contribution in [2.75, 3.05) is 19.4 Å². The van der Waals surface area contributed by atoms with Crippen LogP contribution in [0.15, 0.2) is 48.1 Å². The van der Waals surface area contributed by atoms with Crippen LogP contribution in [-0.4, -0.2) is 33.9 Å². The Bertz CT molecular complexity index is 739. The van der Waals surface area contributed by atoms with Gasteiger partial charge in [-0.3, -0.25) is 0 Å². The first-order valence-corrected chi connectivity index (χ1v) is 7.82. The van der Waals surface area contributed by atoms with Gasteiger partial charge in [0.15, 0.2) is 5.13 Å². The van der Waals surface area contributed by atoms with Crippen LogP contribution in [0.3, 0.4) is 0 Å². The Morgan fingerprint density at radius 3 is 2.73 bits per heavy atom. The second kappa shape index (κ2) is 6.64. The van der Waals surface area contributed by atoms with Gasteiger partial charge in [-0.1, -0.05) is 30.3 Å². The normalized spacial score (nSPS) is 10.9. The molecule has 0 saturated heterocycles. The quantitative estimate of drug-likeness (QED) is 0.782. The van der Waals surface area contributed by atoms with Crippen LogP contribution >= 0.6 is 11.3 Å². The minimum Gasteiger partial charge on any atom is -0.316 e. The van der Waals surface area contributed by atoms with Gasteiger partial charge in [0.05, 0.1) is 11.4 Å². The molecule has 0 unspecified atom stereocenters. The minimum absolute atomic E-state index is 0.750. The molecule has 22 heavy (non-hydrogen) atoms. The van der Waals surface area contributed by atoms with E-state index in [1.54, 1.807) is 17.7 Å². The van der Waals surface area contributed by atoms with Crippen LogP contribution < -0.4 is 5.32 Å². The first kappa shape index (κ1) is 14.6. The highest BCUT2D eigenvalue weighted by atomic mass is 32.1. The van der Waals surface area contributed by atoms with Gasteiger partial charge < -0.3 is 10.2 Å². The Labute approximate surface area is 133 Å². The Morgan fingerprint density at radius 2 is 1.95 bits per heavy atom. The Hall–Kier alpha value is -2.31. The molecule has 0 saturated carbocycles. The van der Waals surface area contributed by atoms with E-state index in [0.29, 0.717) is 0 Å². The number of hydrogen-bond donors (Lipinski definition) is 1. The molecule has 1 N–H and O–H groups in total. The smallest absolute Gasteiger partial charge is 0.188 e. The Kier molecular flexibility index (Phi) is 4.41. The summed E-state index contributed by atoms with van der Waals surface area (Å²) in [5.74, 6) is 0.750. The maximum Gasteiger partial charge on any atom is 0.188 e. The van der Waals surface area contributed by atoms with Crippen LogP contribution in [-0.2, 0) is 6.54 Å². The lowest BCUT2D eigenvalue weighted by molar-refractivity contribution is 0.398. The summed E-state index contributed by atoms with van der Waals surface area (Å²) in [6, 6.07) is 12.0. The fourth-order valence-corrected chi connectivity index (χ4v) is 2.77. The van der Waals surface area contributed by atoms with E-state index in [9.17, 15) is 0 Å². The predicted molar refractivity (Wildman–Crippen MR) is 90.3 cm³/mol. The predicted octanol–water partition coefficient (Wildman–Crippen LogP) is 3.41. The van der Waals surface area contributed by atoms with Gasteiger partial charge in [0, 0.05) is 23.6 Å². The van der Waals surface area contributed by atoms with Crippen LogP contribution in [0.25, 0.3) is 11.3 Å². The summed E-state index contributed by atoms with van der Waals surface area (Å²) in [4.78, 5) is 15.2. The van der Waals surface area contributed by atoms with E-state index < -0.39 is 0 Å². The number of hydrogen-bond acceptors (Lipinski definition) is 6. The summed E-state index contributed by atoms with van der Waals surface area (Å²) < 4.78 is 0. The molecule has 0 bridgehead atoms. The van der Waals surface area contributed by atoms with E-state index in [0.717, 1.165) is 34.4 Å². The summed E-state index contributed by atoms with van der Waals surface area (Å²) in [5, 5.41) is 6.14. The van der Waals surface area contributed by atoms with Crippen molar-refractivity contribution in [3.05, 3.63) is 53.8 Å². The fraction of sp³-hybridized carbons (Fsp3) is 0.188. The molecule has 0 aliphatic carbocycles. The van der Waals surface area contributed by atoms with Crippen LogP contribution in [0, 0.1) is 0 Å². The molecule has 2 aromatic heterocycles. The zero-order valence-corrected chi connectivity index (χ0v) is 13.3. The standard InChI is InChI=1S/C16H17N5S/c1-21(2)9-13-10-22-16(19-13)20-15-8-14(17-11-18-15)12-6-4-3-5-7-12/h3-8,10-11H,9H2,1-2H3,(H,17,18,19,20). The second-order valence-corrected chi connectivity index (χ2v) is 6.02. The monoisotopic (exact) mass is 311 g/mol. The number of nitrogens with one attached hydrogen (secondary N) is 1. The lowest BCUT2D eigenvalue weighted by Gasteiger charge is -2.06. The number of rotatable bonds is 5. The van der Waals surface area contributed by atoms with Crippen LogP contribution in [0.4, 0.5) is 10.9 Å². The first-order valence-electron chi connectivity index (χ1n) is 6.94. The van der Waals surface area contributed by atoms with E-state index >= 15 is 0 Å². The highest BCUT2D eigenvalue weighted by Crippen LogP contribution is 2.23. The highest BCUT2D eigenvalue weighted by Gasteiger charge is 2.06. The molecule has 0 amide bonds. The summed E-state index contributed by atoms with van der Waals surface area (Å²) in [6.07, 6.45) is 1.57. The molecule has 2 heterocycles. The Morgan fingerprint density at radius 1 is 1.14 bits per heavy atom. The van der Waals surface area contributed by atoms with Crippen molar-refractivity contribution >= 4 is 22.3 Å². The fourth-order valence-electron chi connectivity index (χ4n) is 2.06. The highest BCUT2D eigenvalue weighted by molar-refractivity contribution is 7.13. The van der Waals surface area contributed by atoms with E-state index in [4.69, 9.17) is 0 Å². The third-order valence-electron chi connectivity index (χ3n) is 3.00. The van der Waals surface area contributed by atoms with Crippen molar-refractivity contribution in [2.45, 2.75) is 6.54 Å². The van der Waals surface area contributed by atoms with Gasteiger partial charge in [0.2, 0.25) is 0 Å². The molecule has 0 atom stereocenters. The summed E-state index contributed by atoms with van der Waals surface area (Å²) in [7, 11) is 4.06. The van der Waals surface area contributed by atoms with E-state index in [1.807, 2.05) is 50.5 Å². The number of benzene rings is 1. The summed E-state index contributed by atoms with van der Waals surface area (Å²) >= 11 is 1.58. The maximum absolute atomic E-state index is 4.55. The molecule has 0 spiro atoms. The Balaban J connectivity index is 1.77. The molecular weight excluding hydrogens is 294 g/mol. The van der Waals surface area contributed by atoms with Crippen molar-refractivity contribution in [3.63, 3.8) is 0 Å². The lowest BCUT2D eigenvalue weighted by Crippen LogP contribution is -2.10. The molecular formula is C16H17N5S. The SMILES string of the molecule is CN(C)Cc1csc(Nc2cc(-c3ccccc3)ncn2)n1. The second-order valence-electron chi connectivity index (χ2n) is 5.16. The molecule has 0 aliphatic rings. The number of aromatic nitrogens is 3. The van der Waals surface area contributed by atoms with Gasteiger partial charge in [-0.15, -0.1) is 11.3 Å². The van der Waals surface area contributed by atoms with Gasteiger partial charge >= 0.3 is 0 Å². The van der Waals surface area contributed by atoms with Gasteiger partial charge in [-0.25, -0.2) is 15.0 Å². The maximum atomic E-state index is 4.55. The van der Waals surface area contributed by atoms with Gasteiger partial charge in [-0.05, 0) is 14.1 Å². The number of thiazole rings is 1. The summed E-state index contributed by atoms with van der Waals surface area (Å²) in [5.41, 5.74) is 3.01. The van der Waals surface area contributed by atoms with Gasteiger partial charge in [0.25, 0.3) is 0 Å². The summed E-state index contributed by atoms with van der Waals surface area (Å²) in [6.45, 7) is 0.831. The molecule has 0 radical (unpaired) electrons. The van der Waals surface area contributed by atoms with Crippen molar-refractivity contribution in [1.82, 2.24) is 19.9 Å². The number of anilines is 2. The van der Waals surface area contributed by atoms with Crippen molar-refractivity contribution in [3.8, 4) is 11.3 Å². The van der Waals surface area contributed by atoms with E-state index in [1.165, 1.54) is 0 Å². The zero-order chi connectivity index (χ0) is 15.4. The lowest BCUT2D eigenvalue weighted by atomic mass is 10.1. The molecule has 0 fully saturated rings. The molecule has 1 aromatic carbocycles. The molecule has 3 rings (SSSR count). The average molecular weight is 311 g/mol. The third kappa shape index (κ3) is 3.66. The molecule has 5 nitrogen and oxygen atoms in total. The zero-order valence-electron chi connectivity index (χ0n) is 12.5. The molecule has 3 aromatic rings. The largest absolute Gasteiger partial charge is 0.316 e. The van der Waals surface area contributed by atoms with Crippen molar-refractivity contribution in [1.29, 1.82) is 0 Å². The average Bonchev–Trinajstić information content (AvgIpc) is 2.94. The van der Waals surface area contributed by atoms with Crippen LogP contribution in [0.2, 0.25) is 0 Å². The van der Waals surface area contributed by atoms with Crippen LogP contribution in [0.1, 0.15) is 5.69 Å². The molecule has 0 aliphatic heterocycles. The van der Waals surface area contributed by atoms with Gasteiger partial charge in [-0.2, -0.15) is 0 Å². The van der Waals surface area contributed by atoms with Crippen LogP contribution in [0.5, 0.6) is 0 Å². The number of nitrogens with zero attached hydrogens (tertiary/aromatic N) is 4. The van der Waals surface area contributed by atoms with Crippen molar-refractivity contribution < 1.29 is 0 Å².